The lowest BCUT2D eigenvalue weighted by atomic mass is 10.1. The maximum Gasteiger partial charge on any atom is 0.472 e. The van der Waals surface area contributed by atoms with E-state index in [0.29, 0.717) is 6.42 Å². The van der Waals surface area contributed by atoms with Gasteiger partial charge in [-0.2, -0.15) is 0 Å². The van der Waals surface area contributed by atoms with E-state index < -0.39 is 32.5 Å². The van der Waals surface area contributed by atoms with Gasteiger partial charge >= 0.3 is 19.8 Å². The van der Waals surface area contributed by atoms with Gasteiger partial charge in [-0.1, -0.05) is 90.9 Å². The van der Waals surface area contributed by atoms with Crippen LogP contribution >= 0.6 is 7.82 Å². The van der Waals surface area contributed by atoms with E-state index in [1.165, 1.54) is 32.1 Å². The molecule has 10 heteroatoms. The summed E-state index contributed by atoms with van der Waals surface area (Å²) in [6.45, 7) is 3.23. The zero-order valence-electron chi connectivity index (χ0n) is 21.8. The molecule has 0 aromatic heterocycles. The molecular formula is C25H48NO8P. The lowest BCUT2D eigenvalue weighted by Gasteiger charge is -2.19. The fourth-order valence-corrected chi connectivity index (χ4v) is 4.11. The second kappa shape index (κ2) is 23.1. The Kier molecular flexibility index (Phi) is 22.3. The fourth-order valence-electron chi connectivity index (χ4n) is 3.42. The minimum absolute atomic E-state index is 0.220. The van der Waals surface area contributed by atoms with Gasteiger partial charge in [0.1, 0.15) is 6.61 Å². The lowest BCUT2D eigenvalue weighted by Crippen LogP contribution is -2.29. The number of ether oxygens (including phenoxy) is 2. The van der Waals surface area contributed by atoms with Crippen LogP contribution in [0.4, 0.5) is 0 Å². The van der Waals surface area contributed by atoms with E-state index in [0.717, 1.165) is 57.6 Å². The zero-order valence-corrected chi connectivity index (χ0v) is 22.7. The lowest BCUT2D eigenvalue weighted by molar-refractivity contribution is -0.161. The maximum atomic E-state index is 12.3. The number of unbranched alkanes of at least 4 members (excludes halogenated alkanes) is 12. The molecule has 0 aliphatic heterocycles. The Labute approximate surface area is 211 Å². The van der Waals surface area contributed by atoms with Crippen molar-refractivity contribution in [2.24, 2.45) is 0 Å². The van der Waals surface area contributed by atoms with Crippen molar-refractivity contribution >= 4 is 26.0 Å². The minimum Gasteiger partial charge on any atom is -0.462 e. The number of hydrogen-bond acceptors (Lipinski definition) is 8. The average molecular weight is 522 g/mol. The summed E-state index contributed by atoms with van der Waals surface area (Å²) in [6, 6.07) is 0. The molecule has 0 saturated heterocycles. The number of hydrogen-bond donors (Lipinski definition) is 2. The number of rotatable bonds is 25. The highest BCUT2D eigenvalue weighted by Gasteiger charge is 2.25. The molecule has 2 atom stereocenters. The van der Waals surface area contributed by atoms with E-state index in [-0.39, 0.29) is 26.1 Å². The van der Waals surface area contributed by atoms with Crippen LogP contribution in [0.1, 0.15) is 117 Å². The molecule has 206 valence electrons. The van der Waals surface area contributed by atoms with Crippen molar-refractivity contribution in [3.63, 3.8) is 0 Å². The molecule has 9 nitrogen and oxygen atoms in total. The van der Waals surface area contributed by atoms with E-state index in [1.54, 1.807) is 0 Å². The number of phosphoric acid groups is 1. The molecule has 0 saturated carbocycles. The van der Waals surface area contributed by atoms with Crippen molar-refractivity contribution in [2.75, 3.05) is 19.8 Å². The van der Waals surface area contributed by atoms with Crippen LogP contribution in [-0.4, -0.2) is 49.0 Å². The first-order chi connectivity index (χ1) is 16.8. The van der Waals surface area contributed by atoms with E-state index >= 15 is 0 Å². The second-order valence-electron chi connectivity index (χ2n) is 8.80. The highest BCUT2D eigenvalue weighted by molar-refractivity contribution is 7.47. The Balaban J connectivity index is 4.42. The third-order valence-corrected chi connectivity index (χ3v) is 6.39. The Bertz CT molecular complexity index is 602. The standard InChI is InChI=1S/C25H48NO8P/c1-3-5-7-9-11-12-14-16-18-25(28)34-23(22-33-35(29,30)32-20-19-26)21-31-24(27)17-15-13-10-8-6-4-2/h19,23,26H,3-18,20-22H2,1-2H3,(H,29,30)/t23-/m1/s1. The van der Waals surface area contributed by atoms with Crippen LogP contribution in [0, 0.1) is 5.41 Å². The van der Waals surface area contributed by atoms with Gasteiger partial charge < -0.3 is 19.8 Å². The van der Waals surface area contributed by atoms with Crippen LogP contribution in [0.3, 0.4) is 0 Å². The quantitative estimate of drug-likeness (QED) is 0.0601. The van der Waals surface area contributed by atoms with Crippen molar-refractivity contribution in [1.29, 1.82) is 5.41 Å². The Morgan fingerprint density at radius 1 is 0.771 bits per heavy atom. The molecule has 1 unspecified atom stereocenters. The van der Waals surface area contributed by atoms with Gasteiger partial charge in [-0.3, -0.25) is 18.6 Å². The molecule has 0 aliphatic rings. The highest BCUT2D eigenvalue weighted by Crippen LogP contribution is 2.42. The van der Waals surface area contributed by atoms with E-state index in [1.807, 2.05) is 0 Å². The molecule has 0 aromatic carbocycles. The number of esters is 2. The molecule has 0 aliphatic carbocycles. The number of carbonyl (C=O) groups is 2. The summed E-state index contributed by atoms with van der Waals surface area (Å²) in [5, 5.41) is 6.88. The van der Waals surface area contributed by atoms with E-state index in [9.17, 15) is 19.0 Å². The Morgan fingerprint density at radius 2 is 1.26 bits per heavy atom. The smallest absolute Gasteiger partial charge is 0.462 e. The first-order valence-electron chi connectivity index (χ1n) is 13.3. The molecule has 0 spiro atoms. The Morgan fingerprint density at radius 3 is 1.77 bits per heavy atom. The highest BCUT2D eigenvalue weighted by atomic mass is 31.2. The summed E-state index contributed by atoms with van der Waals surface area (Å²) >= 11 is 0. The topological polar surface area (TPSA) is 132 Å². The molecular weight excluding hydrogens is 473 g/mol. The summed E-state index contributed by atoms with van der Waals surface area (Å²) < 4.78 is 31.9. The summed E-state index contributed by atoms with van der Waals surface area (Å²) in [5.41, 5.74) is 0. The molecule has 0 heterocycles. The summed E-state index contributed by atoms with van der Waals surface area (Å²) in [4.78, 5) is 33.9. The van der Waals surface area contributed by atoms with Gasteiger partial charge in [0.25, 0.3) is 0 Å². The van der Waals surface area contributed by atoms with Crippen molar-refractivity contribution in [3.8, 4) is 0 Å². The largest absolute Gasteiger partial charge is 0.472 e. The fraction of sp³-hybridized carbons (Fsp3) is 0.880. The molecule has 0 radical (unpaired) electrons. The molecule has 0 fully saturated rings. The van der Waals surface area contributed by atoms with Gasteiger partial charge in [-0.25, -0.2) is 4.57 Å². The summed E-state index contributed by atoms with van der Waals surface area (Å²) in [7, 11) is -4.41. The number of phosphoric ester groups is 1. The van der Waals surface area contributed by atoms with Gasteiger partial charge in [0.2, 0.25) is 0 Å². The summed E-state index contributed by atoms with van der Waals surface area (Å²) in [6.07, 6.45) is 15.3. The van der Waals surface area contributed by atoms with Gasteiger partial charge in [-0.15, -0.1) is 0 Å². The zero-order chi connectivity index (χ0) is 26.2. The SMILES string of the molecule is CCCCCCCCCCC(=O)O[C@H](COC(=O)CCCCCCCC)COP(=O)(O)OCC=N. The van der Waals surface area contributed by atoms with Crippen LogP contribution in [0.5, 0.6) is 0 Å². The van der Waals surface area contributed by atoms with Crippen LogP contribution in [0.25, 0.3) is 0 Å². The second-order valence-corrected chi connectivity index (χ2v) is 10.3. The van der Waals surface area contributed by atoms with Crippen LogP contribution in [-0.2, 0) is 32.7 Å². The predicted octanol–water partition coefficient (Wildman–Crippen LogP) is 6.51. The first kappa shape index (κ1) is 33.7. The molecule has 35 heavy (non-hydrogen) atoms. The molecule has 0 bridgehead atoms. The molecule has 0 rings (SSSR count). The number of nitrogens with one attached hydrogen (secondary N) is 1. The monoisotopic (exact) mass is 521 g/mol. The van der Waals surface area contributed by atoms with E-state index in [2.05, 4.69) is 18.4 Å². The number of carbonyl (C=O) groups excluding carboxylic acids is 2. The van der Waals surface area contributed by atoms with Gasteiger partial charge in [0.05, 0.1) is 13.2 Å². The van der Waals surface area contributed by atoms with Crippen LogP contribution < -0.4 is 0 Å². The van der Waals surface area contributed by atoms with Gasteiger partial charge in [-0.05, 0) is 12.8 Å². The van der Waals surface area contributed by atoms with E-state index in [4.69, 9.17) is 19.4 Å². The normalized spacial score (nSPS) is 13.7. The van der Waals surface area contributed by atoms with Crippen molar-refractivity contribution in [3.05, 3.63) is 0 Å². The first-order valence-corrected chi connectivity index (χ1v) is 14.8. The third kappa shape index (κ3) is 22.9. The van der Waals surface area contributed by atoms with Crippen LogP contribution in [0.2, 0.25) is 0 Å². The maximum absolute atomic E-state index is 12.3. The van der Waals surface area contributed by atoms with Crippen molar-refractivity contribution in [1.82, 2.24) is 0 Å². The Hall–Kier alpha value is -1.28. The third-order valence-electron chi connectivity index (χ3n) is 5.44. The van der Waals surface area contributed by atoms with Crippen molar-refractivity contribution < 1.29 is 37.6 Å². The molecule has 0 aromatic rings. The predicted molar refractivity (Wildman–Crippen MR) is 137 cm³/mol. The van der Waals surface area contributed by atoms with Crippen molar-refractivity contribution in [2.45, 2.75) is 123 Å². The average Bonchev–Trinajstić information content (AvgIpc) is 2.83. The van der Waals surface area contributed by atoms with Gasteiger partial charge in [0, 0.05) is 19.1 Å². The van der Waals surface area contributed by atoms with Gasteiger partial charge in [0.15, 0.2) is 6.10 Å². The minimum atomic E-state index is -4.41. The summed E-state index contributed by atoms with van der Waals surface area (Å²) in [5.74, 6) is -0.874. The van der Waals surface area contributed by atoms with Crippen LogP contribution in [0.15, 0.2) is 0 Å². The molecule has 0 amide bonds. The molecule has 2 N–H and O–H groups in total.